The Morgan fingerprint density at radius 1 is 1.29 bits per heavy atom. The van der Waals surface area contributed by atoms with Crippen molar-refractivity contribution in [2.45, 2.75) is 6.42 Å². The number of rotatable bonds is 4. The second-order valence-corrected chi connectivity index (χ2v) is 5.44. The van der Waals surface area contributed by atoms with Crippen molar-refractivity contribution in [3.05, 3.63) is 52.6 Å². The number of nitrogens with two attached hydrogens (primary N) is 1. The summed E-state index contributed by atoms with van der Waals surface area (Å²) in [6.45, 7) is 0.531. The molecule has 0 aliphatic rings. The van der Waals surface area contributed by atoms with Gasteiger partial charge in [-0.1, -0.05) is 6.07 Å². The van der Waals surface area contributed by atoms with Crippen LogP contribution in [0.25, 0.3) is 10.9 Å². The Hall–Kier alpha value is -2.31. The molecule has 0 radical (unpaired) electrons. The predicted molar refractivity (Wildman–Crippen MR) is 84.6 cm³/mol. The average Bonchev–Trinajstić information content (AvgIpc) is 2.97. The molecule has 0 aliphatic carbocycles. The average molecular weight is 298 g/mol. The number of pyridine rings is 1. The van der Waals surface area contributed by atoms with Crippen LogP contribution >= 0.6 is 11.3 Å². The standard InChI is InChI=1S/C15H14N4OS/c16-7-6-14-18-13(9-21-14)15(20)19-12-5-1-4-11-10(12)3-2-8-17-11/h1-5,8-9H,6-7,16H2,(H,19,20). The van der Waals surface area contributed by atoms with Crippen LogP contribution < -0.4 is 11.1 Å². The van der Waals surface area contributed by atoms with E-state index in [0.717, 1.165) is 21.6 Å². The van der Waals surface area contributed by atoms with Crippen LogP contribution in [0, 0.1) is 0 Å². The van der Waals surface area contributed by atoms with E-state index in [1.807, 2.05) is 30.3 Å². The molecule has 0 bridgehead atoms. The zero-order valence-corrected chi connectivity index (χ0v) is 12.1. The maximum Gasteiger partial charge on any atom is 0.275 e. The van der Waals surface area contributed by atoms with Crippen LogP contribution in [0.1, 0.15) is 15.5 Å². The molecule has 21 heavy (non-hydrogen) atoms. The quantitative estimate of drug-likeness (QED) is 0.775. The summed E-state index contributed by atoms with van der Waals surface area (Å²) in [5.74, 6) is -0.217. The minimum absolute atomic E-state index is 0.217. The van der Waals surface area contributed by atoms with E-state index in [9.17, 15) is 4.79 Å². The van der Waals surface area contributed by atoms with Crippen molar-refractivity contribution in [1.82, 2.24) is 9.97 Å². The molecule has 2 aromatic heterocycles. The Bertz CT molecular complexity index is 779. The lowest BCUT2D eigenvalue weighted by atomic mass is 10.2. The minimum Gasteiger partial charge on any atom is -0.330 e. The summed E-state index contributed by atoms with van der Waals surface area (Å²) in [6, 6.07) is 9.41. The van der Waals surface area contributed by atoms with E-state index in [1.54, 1.807) is 11.6 Å². The number of benzene rings is 1. The normalized spacial score (nSPS) is 10.7. The zero-order valence-electron chi connectivity index (χ0n) is 11.2. The molecule has 6 heteroatoms. The van der Waals surface area contributed by atoms with Crippen LogP contribution in [0.2, 0.25) is 0 Å². The molecule has 1 aromatic carbocycles. The molecule has 0 spiro atoms. The molecule has 0 atom stereocenters. The number of amides is 1. The van der Waals surface area contributed by atoms with Gasteiger partial charge in [0, 0.05) is 23.4 Å². The van der Waals surface area contributed by atoms with Crippen LogP contribution in [-0.4, -0.2) is 22.4 Å². The number of nitrogens with one attached hydrogen (secondary N) is 1. The Morgan fingerprint density at radius 3 is 3.05 bits per heavy atom. The first-order valence-corrected chi connectivity index (χ1v) is 7.45. The van der Waals surface area contributed by atoms with E-state index in [0.29, 0.717) is 18.7 Å². The van der Waals surface area contributed by atoms with Crippen molar-refractivity contribution in [2.24, 2.45) is 5.73 Å². The highest BCUT2D eigenvalue weighted by molar-refractivity contribution is 7.09. The van der Waals surface area contributed by atoms with Gasteiger partial charge in [-0.15, -0.1) is 11.3 Å². The largest absolute Gasteiger partial charge is 0.330 e. The first-order valence-electron chi connectivity index (χ1n) is 6.57. The molecule has 0 fully saturated rings. The fourth-order valence-corrected chi connectivity index (χ4v) is 2.85. The highest BCUT2D eigenvalue weighted by Crippen LogP contribution is 2.22. The number of nitrogens with zero attached hydrogens (tertiary/aromatic N) is 2. The van der Waals surface area contributed by atoms with Gasteiger partial charge in [-0.2, -0.15) is 0 Å². The summed E-state index contributed by atoms with van der Waals surface area (Å²) < 4.78 is 0. The topological polar surface area (TPSA) is 80.9 Å². The number of thiazole rings is 1. The number of anilines is 1. The Labute approximate surface area is 125 Å². The van der Waals surface area contributed by atoms with E-state index >= 15 is 0 Å². The molecule has 2 heterocycles. The number of hydrogen-bond donors (Lipinski definition) is 2. The predicted octanol–water partition coefficient (Wildman–Crippen LogP) is 2.44. The fourth-order valence-electron chi connectivity index (χ4n) is 2.05. The van der Waals surface area contributed by atoms with Crippen molar-refractivity contribution in [3.63, 3.8) is 0 Å². The van der Waals surface area contributed by atoms with Crippen LogP contribution in [0.3, 0.4) is 0 Å². The van der Waals surface area contributed by atoms with Gasteiger partial charge in [-0.25, -0.2) is 4.98 Å². The molecular formula is C15H14N4OS. The summed E-state index contributed by atoms with van der Waals surface area (Å²) in [4.78, 5) is 20.8. The first kappa shape index (κ1) is 13.7. The molecular weight excluding hydrogens is 284 g/mol. The number of aromatic nitrogens is 2. The molecule has 0 saturated heterocycles. The van der Waals surface area contributed by atoms with E-state index < -0.39 is 0 Å². The highest BCUT2D eigenvalue weighted by Gasteiger charge is 2.12. The second kappa shape index (κ2) is 5.99. The summed E-state index contributed by atoms with van der Waals surface area (Å²) in [7, 11) is 0. The van der Waals surface area contributed by atoms with Crippen molar-refractivity contribution in [2.75, 3.05) is 11.9 Å². The minimum atomic E-state index is -0.217. The van der Waals surface area contributed by atoms with E-state index in [4.69, 9.17) is 5.73 Å². The molecule has 0 saturated carbocycles. The van der Waals surface area contributed by atoms with Crippen LogP contribution in [0.5, 0.6) is 0 Å². The van der Waals surface area contributed by atoms with Gasteiger partial charge in [0.1, 0.15) is 5.69 Å². The smallest absolute Gasteiger partial charge is 0.275 e. The monoisotopic (exact) mass is 298 g/mol. The lowest BCUT2D eigenvalue weighted by Gasteiger charge is -2.06. The first-order chi connectivity index (χ1) is 10.3. The molecule has 5 nitrogen and oxygen atoms in total. The van der Waals surface area contributed by atoms with Gasteiger partial charge >= 0.3 is 0 Å². The highest BCUT2D eigenvalue weighted by atomic mass is 32.1. The van der Waals surface area contributed by atoms with Gasteiger partial charge in [0.15, 0.2) is 0 Å². The summed E-state index contributed by atoms with van der Waals surface area (Å²) >= 11 is 1.45. The number of carbonyl (C=O) groups is 1. The number of fused-ring (bicyclic) bond motifs is 1. The molecule has 0 aliphatic heterocycles. The summed E-state index contributed by atoms with van der Waals surface area (Å²) in [6.07, 6.45) is 2.42. The van der Waals surface area contributed by atoms with Crippen molar-refractivity contribution in [3.8, 4) is 0 Å². The molecule has 106 valence electrons. The van der Waals surface area contributed by atoms with Gasteiger partial charge in [-0.05, 0) is 30.8 Å². The fraction of sp³-hybridized carbons (Fsp3) is 0.133. The second-order valence-electron chi connectivity index (χ2n) is 4.49. The maximum absolute atomic E-state index is 12.3. The molecule has 3 rings (SSSR count). The van der Waals surface area contributed by atoms with Gasteiger partial charge in [-0.3, -0.25) is 9.78 Å². The van der Waals surface area contributed by atoms with Crippen LogP contribution in [0.4, 0.5) is 5.69 Å². The summed E-state index contributed by atoms with van der Waals surface area (Å²) in [5, 5.41) is 6.43. The zero-order chi connectivity index (χ0) is 14.7. The van der Waals surface area contributed by atoms with E-state index in [-0.39, 0.29) is 5.91 Å². The maximum atomic E-state index is 12.3. The van der Waals surface area contributed by atoms with E-state index in [1.165, 1.54) is 11.3 Å². The van der Waals surface area contributed by atoms with Crippen LogP contribution in [0.15, 0.2) is 41.9 Å². The molecule has 3 aromatic rings. The Kier molecular flexibility index (Phi) is 3.89. The molecule has 0 unspecified atom stereocenters. The Balaban J connectivity index is 1.85. The van der Waals surface area contributed by atoms with Gasteiger partial charge in [0.25, 0.3) is 5.91 Å². The van der Waals surface area contributed by atoms with Gasteiger partial charge in [0.05, 0.1) is 16.2 Å². The lowest BCUT2D eigenvalue weighted by molar-refractivity contribution is 0.102. The molecule has 1 amide bonds. The summed E-state index contributed by atoms with van der Waals surface area (Å²) in [5.41, 5.74) is 7.49. The van der Waals surface area contributed by atoms with Crippen molar-refractivity contribution >= 4 is 33.8 Å². The third-order valence-corrected chi connectivity index (χ3v) is 3.95. The molecule has 3 N–H and O–H groups in total. The van der Waals surface area contributed by atoms with Gasteiger partial charge < -0.3 is 11.1 Å². The number of carbonyl (C=O) groups excluding carboxylic acids is 1. The third kappa shape index (κ3) is 2.91. The van der Waals surface area contributed by atoms with Crippen molar-refractivity contribution < 1.29 is 4.79 Å². The van der Waals surface area contributed by atoms with Crippen LogP contribution in [-0.2, 0) is 6.42 Å². The third-order valence-electron chi connectivity index (χ3n) is 3.04. The lowest BCUT2D eigenvalue weighted by Crippen LogP contribution is -2.13. The Morgan fingerprint density at radius 2 is 2.19 bits per heavy atom. The SMILES string of the molecule is NCCc1nc(C(=O)Nc2cccc3ncccc23)cs1. The number of hydrogen-bond acceptors (Lipinski definition) is 5. The van der Waals surface area contributed by atoms with E-state index in [2.05, 4.69) is 15.3 Å². The van der Waals surface area contributed by atoms with Crippen molar-refractivity contribution in [1.29, 1.82) is 0 Å². The van der Waals surface area contributed by atoms with Gasteiger partial charge in [0.2, 0.25) is 0 Å².